The number of carbonyl (C=O) groups is 2. The highest BCUT2D eigenvalue weighted by molar-refractivity contribution is 5.80. The minimum atomic E-state index is -4.57. The molecule has 0 saturated carbocycles. The van der Waals surface area contributed by atoms with Crippen molar-refractivity contribution in [3.63, 3.8) is 0 Å². The molecule has 0 aromatic heterocycles. The second-order valence-electron chi connectivity index (χ2n) is 6.36. The molecule has 2 aromatic rings. The standard InChI is InChI=1S/C20H17F4NO4/c1-2-28-16(26)11-25-17(12-6-8-15(21)9-7-12)18(29-19(25)27)13-4-3-5-14(10-13)20(22,23)24/h3-10,17-18H,2,11H2,1H3/t17-,18+/m1/s1. The van der Waals surface area contributed by atoms with Gasteiger partial charge in [-0.05, 0) is 42.3 Å². The zero-order chi connectivity index (χ0) is 21.2. The normalized spacial score (nSPS) is 19.2. The highest BCUT2D eigenvalue weighted by Gasteiger charge is 2.45. The Hall–Kier alpha value is -3.10. The Morgan fingerprint density at radius 2 is 1.83 bits per heavy atom. The minimum Gasteiger partial charge on any atom is -0.465 e. The largest absolute Gasteiger partial charge is 0.465 e. The fourth-order valence-electron chi connectivity index (χ4n) is 3.18. The average molecular weight is 411 g/mol. The van der Waals surface area contributed by atoms with Gasteiger partial charge in [0.05, 0.1) is 12.2 Å². The zero-order valence-corrected chi connectivity index (χ0v) is 15.3. The molecule has 0 radical (unpaired) electrons. The highest BCUT2D eigenvalue weighted by Crippen LogP contribution is 2.44. The summed E-state index contributed by atoms with van der Waals surface area (Å²) < 4.78 is 62.9. The molecular formula is C20H17F4NO4. The van der Waals surface area contributed by atoms with E-state index in [1.165, 1.54) is 24.3 Å². The molecular weight excluding hydrogens is 394 g/mol. The predicted molar refractivity (Wildman–Crippen MR) is 93.1 cm³/mol. The third-order valence-corrected chi connectivity index (χ3v) is 4.44. The molecule has 1 amide bonds. The number of halogens is 4. The van der Waals surface area contributed by atoms with Crippen molar-refractivity contribution in [2.75, 3.05) is 13.2 Å². The molecule has 9 heteroatoms. The number of esters is 1. The Labute approximate surface area is 163 Å². The van der Waals surface area contributed by atoms with Crippen molar-refractivity contribution in [2.24, 2.45) is 0 Å². The smallest absolute Gasteiger partial charge is 0.416 e. The lowest BCUT2D eigenvalue weighted by Gasteiger charge is -2.25. The van der Waals surface area contributed by atoms with Crippen LogP contribution in [-0.4, -0.2) is 30.1 Å². The second kappa shape index (κ2) is 8.10. The Balaban J connectivity index is 2.02. The molecule has 0 unspecified atom stereocenters. The highest BCUT2D eigenvalue weighted by atomic mass is 19.4. The maximum atomic E-state index is 13.4. The molecule has 1 aliphatic rings. The number of cyclic esters (lactones) is 1. The van der Waals surface area contributed by atoms with Gasteiger partial charge in [-0.15, -0.1) is 0 Å². The summed E-state index contributed by atoms with van der Waals surface area (Å²) in [6, 6.07) is 8.57. The molecule has 2 atom stereocenters. The summed E-state index contributed by atoms with van der Waals surface area (Å²) in [5.41, 5.74) is -0.384. The van der Waals surface area contributed by atoms with Gasteiger partial charge in [-0.1, -0.05) is 24.3 Å². The van der Waals surface area contributed by atoms with Gasteiger partial charge in [-0.3, -0.25) is 9.69 Å². The van der Waals surface area contributed by atoms with E-state index in [-0.39, 0.29) is 12.2 Å². The van der Waals surface area contributed by atoms with E-state index in [2.05, 4.69) is 0 Å². The van der Waals surface area contributed by atoms with Crippen molar-refractivity contribution in [1.29, 1.82) is 0 Å². The number of rotatable bonds is 5. The van der Waals surface area contributed by atoms with Crippen LogP contribution in [0.2, 0.25) is 0 Å². The van der Waals surface area contributed by atoms with Crippen LogP contribution in [0.5, 0.6) is 0 Å². The van der Waals surface area contributed by atoms with E-state index in [1.807, 2.05) is 0 Å². The summed E-state index contributed by atoms with van der Waals surface area (Å²) in [5.74, 6) is -1.21. The molecule has 154 valence electrons. The predicted octanol–water partition coefficient (Wildman–Crippen LogP) is 4.64. The summed E-state index contributed by atoms with van der Waals surface area (Å²) in [7, 11) is 0. The molecule has 0 aliphatic carbocycles. The van der Waals surface area contributed by atoms with Gasteiger partial charge >= 0.3 is 18.2 Å². The number of nitrogens with zero attached hydrogens (tertiary/aromatic N) is 1. The van der Waals surface area contributed by atoms with E-state index in [4.69, 9.17) is 9.47 Å². The van der Waals surface area contributed by atoms with E-state index in [9.17, 15) is 27.2 Å². The van der Waals surface area contributed by atoms with Crippen LogP contribution < -0.4 is 0 Å². The van der Waals surface area contributed by atoms with Gasteiger partial charge in [0.15, 0.2) is 6.10 Å². The first kappa shape index (κ1) is 20.6. The number of ether oxygens (including phenoxy) is 2. The van der Waals surface area contributed by atoms with E-state index < -0.39 is 48.3 Å². The van der Waals surface area contributed by atoms with Gasteiger partial charge in [-0.25, -0.2) is 9.18 Å². The fraction of sp³-hybridized carbons (Fsp3) is 0.300. The Morgan fingerprint density at radius 1 is 1.14 bits per heavy atom. The molecule has 5 nitrogen and oxygen atoms in total. The van der Waals surface area contributed by atoms with Crippen LogP contribution in [-0.2, 0) is 20.4 Å². The first-order valence-corrected chi connectivity index (χ1v) is 8.76. The molecule has 1 aliphatic heterocycles. The molecule has 1 saturated heterocycles. The third-order valence-electron chi connectivity index (χ3n) is 4.44. The summed E-state index contributed by atoms with van der Waals surface area (Å²) in [4.78, 5) is 25.4. The van der Waals surface area contributed by atoms with Crippen LogP contribution in [0.4, 0.5) is 22.4 Å². The van der Waals surface area contributed by atoms with Crippen molar-refractivity contribution in [2.45, 2.75) is 25.2 Å². The molecule has 29 heavy (non-hydrogen) atoms. The maximum absolute atomic E-state index is 13.4. The lowest BCUT2D eigenvalue weighted by atomic mass is 9.94. The topological polar surface area (TPSA) is 55.8 Å². The van der Waals surface area contributed by atoms with E-state index >= 15 is 0 Å². The second-order valence-corrected chi connectivity index (χ2v) is 6.36. The van der Waals surface area contributed by atoms with E-state index in [1.54, 1.807) is 6.92 Å². The SMILES string of the molecule is CCOC(=O)CN1C(=O)O[C@@H](c2cccc(C(F)(F)F)c2)[C@H]1c1ccc(F)cc1. The molecule has 1 fully saturated rings. The summed E-state index contributed by atoms with van der Waals surface area (Å²) >= 11 is 0. The molecule has 0 spiro atoms. The van der Waals surface area contributed by atoms with Crippen LogP contribution in [0, 0.1) is 5.82 Å². The van der Waals surface area contributed by atoms with Crippen LogP contribution in [0.1, 0.15) is 35.8 Å². The van der Waals surface area contributed by atoms with Crippen LogP contribution in [0.25, 0.3) is 0 Å². The monoisotopic (exact) mass is 411 g/mol. The van der Waals surface area contributed by atoms with Gasteiger partial charge in [0.1, 0.15) is 18.4 Å². The molecule has 3 rings (SSSR count). The molecule has 0 bridgehead atoms. The first-order valence-electron chi connectivity index (χ1n) is 8.76. The quantitative estimate of drug-likeness (QED) is 0.531. The van der Waals surface area contributed by atoms with Crippen molar-refractivity contribution in [3.8, 4) is 0 Å². The number of hydrogen-bond donors (Lipinski definition) is 0. The first-order chi connectivity index (χ1) is 13.7. The minimum absolute atomic E-state index is 0.0972. The zero-order valence-electron chi connectivity index (χ0n) is 15.3. The number of hydrogen-bond acceptors (Lipinski definition) is 4. The summed E-state index contributed by atoms with van der Waals surface area (Å²) in [6.45, 7) is 1.24. The van der Waals surface area contributed by atoms with Crippen LogP contribution in [0.15, 0.2) is 48.5 Å². The van der Waals surface area contributed by atoms with Crippen LogP contribution in [0.3, 0.4) is 0 Å². The number of carbonyl (C=O) groups excluding carboxylic acids is 2. The average Bonchev–Trinajstić information content (AvgIpc) is 2.98. The fourth-order valence-corrected chi connectivity index (χ4v) is 3.18. The van der Waals surface area contributed by atoms with Gasteiger partial charge in [0.25, 0.3) is 0 Å². The third kappa shape index (κ3) is 4.49. The lowest BCUT2D eigenvalue weighted by Crippen LogP contribution is -2.34. The summed E-state index contributed by atoms with van der Waals surface area (Å²) in [5, 5.41) is 0. The van der Waals surface area contributed by atoms with E-state index in [0.29, 0.717) is 5.56 Å². The van der Waals surface area contributed by atoms with Gasteiger partial charge in [0.2, 0.25) is 0 Å². The Morgan fingerprint density at radius 3 is 2.45 bits per heavy atom. The Kier molecular flexibility index (Phi) is 5.76. The molecule has 0 N–H and O–H groups in total. The van der Waals surface area contributed by atoms with Crippen molar-refractivity contribution in [3.05, 3.63) is 71.0 Å². The number of amides is 1. The maximum Gasteiger partial charge on any atom is 0.416 e. The van der Waals surface area contributed by atoms with Gasteiger partial charge in [-0.2, -0.15) is 13.2 Å². The summed E-state index contributed by atoms with van der Waals surface area (Å²) in [6.07, 6.45) is -6.58. The lowest BCUT2D eigenvalue weighted by molar-refractivity contribution is -0.144. The molecule has 1 heterocycles. The Bertz CT molecular complexity index is 898. The van der Waals surface area contributed by atoms with Crippen molar-refractivity contribution < 1.29 is 36.6 Å². The molecule has 2 aromatic carbocycles. The number of alkyl halides is 3. The van der Waals surface area contributed by atoms with Crippen molar-refractivity contribution in [1.82, 2.24) is 4.90 Å². The number of benzene rings is 2. The van der Waals surface area contributed by atoms with Crippen molar-refractivity contribution >= 4 is 12.1 Å². The van der Waals surface area contributed by atoms with E-state index in [0.717, 1.165) is 29.2 Å². The van der Waals surface area contributed by atoms with Gasteiger partial charge in [0, 0.05) is 0 Å². The van der Waals surface area contributed by atoms with Gasteiger partial charge < -0.3 is 9.47 Å². The van der Waals surface area contributed by atoms with Crippen LogP contribution >= 0.6 is 0 Å².